The summed E-state index contributed by atoms with van der Waals surface area (Å²) in [5.74, 6) is 0.640. The van der Waals surface area contributed by atoms with E-state index in [0.717, 1.165) is 22.4 Å². The molecule has 10 nitrogen and oxygen atoms in total. The van der Waals surface area contributed by atoms with Gasteiger partial charge < -0.3 is 14.6 Å². The van der Waals surface area contributed by atoms with Gasteiger partial charge in [0.2, 0.25) is 11.8 Å². The Morgan fingerprint density at radius 1 is 1.05 bits per heavy atom. The molecule has 0 radical (unpaired) electrons. The molecule has 4 bridgehead atoms. The summed E-state index contributed by atoms with van der Waals surface area (Å²) in [6.07, 6.45) is 2.39. The molecule has 0 aliphatic carbocycles. The smallest absolute Gasteiger partial charge is 0.264 e. The highest BCUT2D eigenvalue weighted by atomic mass is 32.2. The number of hydrogen-bond donors (Lipinski definition) is 2. The van der Waals surface area contributed by atoms with Gasteiger partial charge in [0.15, 0.2) is 0 Å². The summed E-state index contributed by atoms with van der Waals surface area (Å²) < 4.78 is 36.0. The van der Waals surface area contributed by atoms with Gasteiger partial charge in [-0.2, -0.15) is 4.98 Å². The van der Waals surface area contributed by atoms with Crippen molar-refractivity contribution in [3.63, 3.8) is 0 Å². The molecule has 1 atom stereocenters. The molecule has 4 aromatic rings. The van der Waals surface area contributed by atoms with Crippen molar-refractivity contribution in [1.82, 2.24) is 24.8 Å². The Morgan fingerprint density at radius 2 is 1.75 bits per heavy atom. The lowest BCUT2D eigenvalue weighted by atomic mass is 9.87. The lowest BCUT2D eigenvalue weighted by molar-refractivity contribution is 0.0506. The van der Waals surface area contributed by atoms with E-state index in [0.29, 0.717) is 17.9 Å². The molecule has 2 aromatic heterocycles. The Labute approximate surface area is 259 Å². The molecule has 0 saturated carbocycles. The standard InChI is InChI=1S/C33H40N6O4S/c1-20(2)27-17-34-28(35-27)18-39-24(16-33(5,6)7)19-43-29-15-26(30-21(3)10-8-11-22(30)4)36-32(37-29)38-44(41,42)25-13-9-12-23(14-25)31(39)40/h8-15,17,20,24H,16,18-19H2,1-7H3,(H,34,35)(H,36,37,38)/t24-/m1/s1. The molecule has 0 fully saturated rings. The third-order valence-electron chi connectivity index (χ3n) is 7.62. The summed E-state index contributed by atoms with van der Waals surface area (Å²) in [6.45, 7) is 14.7. The number of imidazole rings is 1. The second kappa shape index (κ2) is 12.0. The minimum Gasteiger partial charge on any atom is -0.475 e. The van der Waals surface area contributed by atoms with Gasteiger partial charge in [0.1, 0.15) is 12.4 Å². The molecular formula is C33H40N6O4S. The predicted molar refractivity (Wildman–Crippen MR) is 170 cm³/mol. The van der Waals surface area contributed by atoms with Crippen LogP contribution >= 0.6 is 0 Å². The number of fused-ring (bicyclic) bond motifs is 4. The molecule has 1 amide bonds. The van der Waals surface area contributed by atoms with E-state index in [2.05, 4.69) is 59.3 Å². The summed E-state index contributed by atoms with van der Waals surface area (Å²) in [7, 11) is -4.15. The van der Waals surface area contributed by atoms with Crippen LogP contribution in [0.15, 0.2) is 59.6 Å². The highest BCUT2D eigenvalue weighted by Crippen LogP contribution is 2.31. The van der Waals surface area contributed by atoms with Crippen molar-refractivity contribution < 1.29 is 17.9 Å². The van der Waals surface area contributed by atoms with Crippen molar-refractivity contribution >= 4 is 21.9 Å². The van der Waals surface area contributed by atoms with Crippen LogP contribution in [0.5, 0.6) is 5.88 Å². The van der Waals surface area contributed by atoms with Crippen molar-refractivity contribution in [1.29, 1.82) is 0 Å². The van der Waals surface area contributed by atoms with Crippen molar-refractivity contribution in [3.8, 4) is 17.1 Å². The van der Waals surface area contributed by atoms with Crippen LogP contribution in [0.2, 0.25) is 0 Å². The number of H-pyrrole nitrogens is 1. The Kier molecular flexibility index (Phi) is 8.53. The van der Waals surface area contributed by atoms with Crippen molar-refractivity contribution in [2.75, 3.05) is 11.3 Å². The first kappa shape index (κ1) is 31.2. The van der Waals surface area contributed by atoms with E-state index in [1.807, 2.05) is 32.0 Å². The molecular weight excluding hydrogens is 576 g/mol. The van der Waals surface area contributed by atoms with Gasteiger partial charge in [0.25, 0.3) is 15.9 Å². The van der Waals surface area contributed by atoms with Crippen molar-refractivity contribution in [3.05, 3.63) is 82.9 Å². The maximum atomic E-state index is 14.3. The van der Waals surface area contributed by atoms with E-state index in [9.17, 15) is 13.2 Å². The van der Waals surface area contributed by atoms with Crippen molar-refractivity contribution in [2.45, 2.75) is 78.3 Å². The highest BCUT2D eigenvalue weighted by Gasteiger charge is 2.32. The number of nitrogens with one attached hydrogen (secondary N) is 2. The number of aryl methyl sites for hydroxylation is 2. The largest absolute Gasteiger partial charge is 0.475 e. The molecule has 11 heteroatoms. The average molecular weight is 617 g/mol. The molecule has 3 heterocycles. The van der Waals surface area contributed by atoms with Crippen LogP contribution in [0.25, 0.3) is 11.3 Å². The number of nitrogens with zero attached hydrogens (tertiary/aromatic N) is 4. The number of hydrogen-bond acceptors (Lipinski definition) is 7. The fraction of sp³-hybridized carbons (Fsp3) is 0.394. The Balaban J connectivity index is 1.67. The minimum atomic E-state index is -4.15. The third kappa shape index (κ3) is 6.93. The summed E-state index contributed by atoms with van der Waals surface area (Å²) in [6, 6.07) is 13.3. The number of anilines is 1. The maximum Gasteiger partial charge on any atom is 0.264 e. The molecule has 0 unspecified atom stereocenters. The fourth-order valence-electron chi connectivity index (χ4n) is 5.46. The Morgan fingerprint density at radius 3 is 2.41 bits per heavy atom. The summed E-state index contributed by atoms with van der Waals surface area (Å²) in [4.78, 5) is 32.9. The van der Waals surface area contributed by atoms with Crippen LogP contribution in [0.4, 0.5) is 5.95 Å². The maximum absolute atomic E-state index is 14.3. The molecule has 2 N–H and O–H groups in total. The van der Waals surface area contributed by atoms with Crippen molar-refractivity contribution in [2.24, 2.45) is 5.41 Å². The van der Waals surface area contributed by atoms with Crippen LogP contribution in [0, 0.1) is 19.3 Å². The lowest BCUT2D eigenvalue weighted by Crippen LogP contribution is -2.45. The number of aromatic nitrogens is 4. The van der Waals surface area contributed by atoms with E-state index in [4.69, 9.17) is 4.74 Å². The van der Waals surface area contributed by atoms with E-state index in [1.165, 1.54) is 12.1 Å². The summed E-state index contributed by atoms with van der Waals surface area (Å²) in [5.41, 5.74) is 4.41. The minimum absolute atomic E-state index is 0.0708. The second-order valence-corrected chi connectivity index (χ2v) is 14.6. The van der Waals surface area contributed by atoms with Crippen LogP contribution in [0.3, 0.4) is 0 Å². The number of sulfonamides is 1. The molecule has 44 heavy (non-hydrogen) atoms. The quantitative estimate of drug-likeness (QED) is 0.271. The number of rotatable bonds is 5. The summed E-state index contributed by atoms with van der Waals surface area (Å²) in [5, 5.41) is 0. The van der Waals surface area contributed by atoms with E-state index in [1.54, 1.807) is 29.3 Å². The monoisotopic (exact) mass is 616 g/mol. The molecule has 1 aliphatic heterocycles. The number of aromatic amines is 1. The van der Waals surface area contributed by atoms with Crippen LogP contribution in [-0.4, -0.2) is 51.8 Å². The van der Waals surface area contributed by atoms with Gasteiger partial charge >= 0.3 is 0 Å². The van der Waals surface area contributed by atoms with Gasteiger partial charge in [-0.15, -0.1) is 0 Å². The zero-order valence-corrected chi connectivity index (χ0v) is 27.1. The molecule has 0 spiro atoms. The first-order chi connectivity index (χ1) is 20.7. The van der Waals surface area contributed by atoms with Gasteiger partial charge in [0.05, 0.1) is 23.2 Å². The van der Waals surface area contributed by atoms with Gasteiger partial charge in [-0.05, 0) is 60.9 Å². The number of ether oxygens (including phenoxy) is 1. The summed E-state index contributed by atoms with van der Waals surface area (Å²) >= 11 is 0. The molecule has 232 valence electrons. The van der Waals surface area contributed by atoms with Gasteiger partial charge in [-0.25, -0.2) is 23.1 Å². The number of benzene rings is 2. The van der Waals surface area contributed by atoms with Gasteiger partial charge in [-0.1, -0.05) is 58.9 Å². The van der Waals surface area contributed by atoms with Crippen LogP contribution in [-0.2, 0) is 16.6 Å². The zero-order chi connectivity index (χ0) is 31.8. The normalized spacial score (nSPS) is 16.9. The van der Waals surface area contributed by atoms with Crippen LogP contribution in [0.1, 0.15) is 80.0 Å². The topological polar surface area (TPSA) is 130 Å². The first-order valence-corrected chi connectivity index (χ1v) is 16.2. The Hall–Kier alpha value is -4.25. The molecule has 2 aromatic carbocycles. The number of carbonyl (C=O) groups is 1. The Bertz CT molecular complexity index is 1770. The molecule has 0 saturated heterocycles. The molecule has 1 aliphatic rings. The zero-order valence-electron chi connectivity index (χ0n) is 26.3. The number of carbonyl (C=O) groups excluding carboxylic acids is 1. The van der Waals surface area contributed by atoms with Gasteiger partial charge in [-0.3, -0.25) is 4.79 Å². The lowest BCUT2D eigenvalue weighted by Gasteiger charge is -2.35. The van der Waals surface area contributed by atoms with Crippen LogP contribution < -0.4 is 9.46 Å². The van der Waals surface area contributed by atoms with E-state index < -0.39 is 16.1 Å². The predicted octanol–water partition coefficient (Wildman–Crippen LogP) is 6.25. The second-order valence-electron chi connectivity index (χ2n) is 12.9. The first-order valence-electron chi connectivity index (χ1n) is 14.8. The fourth-order valence-corrected chi connectivity index (χ4v) is 6.45. The third-order valence-corrected chi connectivity index (χ3v) is 8.95. The van der Waals surface area contributed by atoms with E-state index >= 15 is 0 Å². The average Bonchev–Trinajstić information content (AvgIpc) is 3.42. The SMILES string of the molecule is Cc1cccc(C)c1-c1cc2nc(n1)NS(=O)(=O)c1cccc(c1)C(=O)N(Cc1ncc(C(C)C)[nH]1)[C@H](CC(C)(C)C)CO2. The number of amides is 1. The highest BCUT2D eigenvalue weighted by molar-refractivity contribution is 7.92. The molecule has 5 rings (SSSR count). The van der Waals surface area contributed by atoms with E-state index in [-0.39, 0.29) is 52.7 Å². The van der Waals surface area contributed by atoms with Gasteiger partial charge in [0, 0.05) is 29.1 Å².